The number of phenolic OH excluding ortho intramolecular Hbond substituents is 1. The molecule has 0 unspecified atom stereocenters. The van der Waals surface area contributed by atoms with Crippen molar-refractivity contribution in [1.29, 1.82) is 0 Å². The minimum atomic E-state index is -1.69. The maximum absolute atomic E-state index is 12.2. The van der Waals surface area contributed by atoms with Crippen LogP contribution in [0, 0.1) is 0 Å². The van der Waals surface area contributed by atoms with Gasteiger partial charge in [0.05, 0.1) is 12.0 Å². The third kappa shape index (κ3) is 5.38. The van der Waals surface area contributed by atoms with E-state index in [2.05, 4.69) is 5.32 Å². The van der Waals surface area contributed by atoms with Crippen molar-refractivity contribution in [2.75, 3.05) is 0 Å². The molecule has 0 heterocycles. The fraction of sp³-hybridized carbons (Fsp3) is 0.235. The first kappa shape index (κ1) is 18.0. The van der Waals surface area contributed by atoms with Crippen LogP contribution in [0.15, 0.2) is 54.6 Å². The molecule has 7 heteroatoms. The van der Waals surface area contributed by atoms with Gasteiger partial charge >= 0.3 is 7.12 Å². The molecule has 0 saturated carbocycles. The van der Waals surface area contributed by atoms with E-state index in [0.717, 1.165) is 11.1 Å². The molecule has 0 spiro atoms. The SMILES string of the molecule is N[C@@H](Cc1ccc(O)cc1)C(=O)N[C@@H](Cc1ccccc1)B(O)O. The monoisotopic (exact) mass is 328 g/mol. The Morgan fingerprint density at radius 2 is 1.58 bits per heavy atom. The van der Waals surface area contributed by atoms with Gasteiger partial charge in [-0.25, -0.2) is 0 Å². The van der Waals surface area contributed by atoms with Crippen molar-refractivity contribution >= 4 is 13.0 Å². The van der Waals surface area contributed by atoms with E-state index < -0.39 is 25.0 Å². The van der Waals surface area contributed by atoms with Gasteiger partial charge in [0.25, 0.3) is 0 Å². The van der Waals surface area contributed by atoms with Crippen molar-refractivity contribution in [2.45, 2.75) is 24.8 Å². The maximum Gasteiger partial charge on any atom is 0.475 e. The minimum absolute atomic E-state index is 0.142. The molecule has 2 atom stereocenters. The molecular weight excluding hydrogens is 307 g/mol. The summed E-state index contributed by atoms with van der Waals surface area (Å²) in [7, 11) is -1.69. The summed E-state index contributed by atoms with van der Waals surface area (Å²) in [5, 5.41) is 30.8. The summed E-state index contributed by atoms with van der Waals surface area (Å²) in [4.78, 5) is 12.2. The van der Waals surface area contributed by atoms with Crippen LogP contribution in [-0.4, -0.2) is 40.2 Å². The summed E-state index contributed by atoms with van der Waals surface area (Å²) >= 11 is 0. The number of nitrogens with one attached hydrogen (secondary N) is 1. The van der Waals surface area contributed by atoms with E-state index in [1.807, 2.05) is 30.3 Å². The average molecular weight is 328 g/mol. The molecule has 0 aliphatic carbocycles. The van der Waals surface area contributed by atoms with E-state index in [0.29, 0.717) is 0 Å². The third-order valence-corrected chi connectivity index (χ3v) is 3.71. The predicted octanol–water partition coefficient (Wildman–Crippen LogP) is 0.00150. The second-order valence-corrected chi connectivity index (χ2v) is 5.70. The number of carbonyl (C=O) groups is 1. The first-order valence-corrected chi connectivity index (χ1v) is 7.69. The van der Waals surface area contributed by atoms with Crippen molar-refractivity contribution in [1.82, 2.24) is 5.32 Å². The second kappa shape index (κ2) is 8.49. The summed E-state index contributed by atoms with van der Waals surface area (Å²) < 4.78 is 0. The van der Waals surface area contributed by atoms with E-state index in [4.69, 9.17) is 5.73 Å². The summed E-state index contributed by atoms with van der Waals surface area (Å²) in [5.41, 5.74) is 7.57. The van der Waals surface area contributed by atoms with Crippen LogP contribution in [0.5, 0.6) is 5.75 Å². The van der Waals surface area contributed by atoms with Gasteiger partial charge in [-0.2, -0.15) is 0 Å². The molecule has 0 aliphatic rings. The number of amides is 1. The Hall–Kier alpha value is -2.35. The highest BCUT2D eigenvalue weighted by molar-refractivity contribution is 6.43. The van der Waals surface area contributed by atoms with E-state index in [1.54, 1.807) is 12.1 Å². The van der Waals surface area contributed by atoms with Crippen LogP contribution in [0.2, 0.25) is 0 Å². The lowest BCUT2D eigenvalue weighted by Crippen LogP contribution is -2.53. The highest BCUT2D eigenvalue weighted by Gasteiger charge is 2.27. The Bertz CT molecular complexity index is 649. The van der Waals surface area contributed by atoms with Gasteiger partial charge in [0.1, 0.15) is 5.75 Å². The number of rotatable bonds is 7. The molecule has 2 aromatic rings. The molecular formula is C17H21BN2O4. The average Bonchev–Trinajstić information content (AvgIpc) is 2.57. The van der Waals surface area contributed by atoms with Crippen molar-refractivity contribution in [3.8, 4) is 5.75 Å². The fourth-order valence-corrected chi connectivity index (χ4v) is 2.37. The van der Waals surface area contributed by atoms with Crippen molar-refractivity contribution in [3.05, 3.63) is 65.7 Å². The van der Waals surface area contributed by atoms with E-state index in [1.165, 1.54) is 12.1 Å². The zero-order valence-electron chi connectivity index (χ0n) is 13.2. The van der Waals surface area contributed by atoms with Crippen LogP contribution in [-0.2, 0) is 17.6 Å². The van der Waals surface area contributed by atoms with E-state index in [9.17, 15) is 19.9 Å². The zero-order valence-corrected chi connectivity index (χ0v) is 13.2. The van der Waals surface area contributed by atoms with Crippen LogP contribution in [0.3, 0.4) is 0 Å². The van der Waals surface area contributed by atoms with Crippen molar-refractivity contribution < 1.29 is 19.9 Å². The molecule has 0 bridgehead atoms. The molecule has 2 rings (SSSR count). The van der Waals surface area contributed by atoms with Gasteiger partial charge in [-0.1, -0.05) is 42.5 Å². The Kier molecular flexibility index (Phi) is 6.37. The number of benzene rings is 2. The van der Waals surface area contributed by atoms with Crippen molar-refractivity contribution in [3.63, 3.8) is 0 Å². The van der Waals surface area contributed by atoms with Gasteiger partial charge < -0.3 is 26.2 Å². The van der Waals surface area contributed by atoms with E-state index in [-0.39, 0.29) is 18.6 Å². The molecule has 1 amide bonds. The fourth-order valence-electron chi connectivity index (χ4n) is 2.37. The van der Waals surface area contributed by atoms with Gasteiger partial charge in [-0.15, -0.1) is 0 Å². The van der Waals surface area contributed by atoms with E-state index >= 15 is 0 Å². The topological polar surface area (TPSA) is 116 Å². The Balaban J connectivity index is 1.95. The number of hydrogen-bond donors (Lipinski definition) is 5. The second-order valence-electron chi connectivity index (χ2n) is 5.70. The highest BCUT2D eigenvalue weighted by atomic mass is 16.4. The Morgan fingerprint density at radius 3 is 2.17 bits per heavy atom. The molecule has 6 nitrogen and oxygen atoms in total. The molecule has 2 aromatic carbocycles. The van der Waals surface area contributed by atoms with Gasteiger partial charge in [-0.05, 0) is 36.1 Å². The molecule has 6 N–H and O–H groups in total. The molecule has 0 radical (unpaired) electrons. The number of phenols is 1. The molecule has 0 aromatic heterocycles. The van der Waals surface area contributed by atoms with Gasteiger partial charge in [0.2, 0.25) is 5.91 Å². The number of carbonyl (C=O) groups excluding carboxylic acids is 1. The van der Waals surface area contributed by atoms with Gasteiger partial charge in [0, 0.05) is 0 Å². The quantitative estimate of drug-likeness (QED) is 0.459. The molecule has 24 heavy (non-hydrogen) atoms. The van der Waals surface area contributed by atoms with Crippen LogP contribution in [0.25, 0.3) is 0 Å². The lowest BCUT2D eigenvalue weighted by Gasteiger charge is -2.20. The lowest BCUT2D eigenvalue weighted by molar-refractivity contribution is -0.122. The summed E-state index contributed by atoms with van der Waals surface area (Å²) in [5.74, 6) is -1.16. The smallest absolute Gasteiger partial charge is 0.475 e. The van der Waals surface area contributed by atoms with Gasteiger partial charge in [0.15, 0.2) is 0 Å². The van der Waals surface area contributed by atoms with Crippen LogP contribution >= 0.6 is 0 Å². The first-order valence-electron chi connectivity index (χ1n) is 7.69. The Morgan fingerprint density at radius 1 is 1.00 bits per heavy atom. The summed E-state index contributed by atoms with van der Waals surface area (Å²) in [6.07, 6.45) is 0.571. The Labute approximate surface area is 141 Å². The number of aromatic hydroxyl groups is 1. The summed E-state index contributed by atoms with van der Waals surface area (Å²) in [6, 6.07) is 14.8. The van der Waals surface area contributed by atoms with Crippen LogP contribution in [0.1, 0.15) is 11.1 Å². The standard InChI is InChI=1S/C17H21BN2O4/c19-15(10-13-6-8-14(21)9-7-13)17(22)20-16(18(23)24)11-12-4-2-1-3-5-12/h1-9,15-16,21,23-24H,10-11,19H2,(H,20,22)/t15-,16-/m0/s1. The molecule has 0 saturated heterocycles. The zero-order chi connectivity index (χ0) is 17.5. The van der Waals surface area contributed by atoms with Crippen LogP contribution < -0.4 is 11.1 Å². The molecule has 0 aliphatic heterocycles. The van der Waals surface area contributed by atoms with Gasteiger partial charge in [-0.3, -0.25) is 4.79 Å². The lowest BCUT2D eigenvalue weighted by atomic mass is 9.75. The highest BCUT2D eigenvalue weighted by Crippen LogP contribution is 2.11. The maximum atomic E-state index is 12.2. The third-order valence-electron chi connectivity index (χ3n) is 3.71. The van der Waals surface area contributed by atoms with Crippen LogP contribution in [0.4, 0.5) is 0 Å². The number of hydrogen-bond acceptors (Lipinski definition) is 5. The number of nitrogens with two attached hydrogens (primary N) is 1. The van der Waals surface area contributed by atoms with Crippen molar-refractivity contribution in [2.24, 2.45) is 5.73 Å². The normalized spacial score (nSPS) is 13.1. The summed E-state index contributed by atoms with van der Waals surface area (Å²) in [6.45, 7) is 0. The minimum Gasteiger partial charge on any atom is -0.508 e. The molecule has 126 valence electrons. The predicted molar refractivity (Wildman–Crippen MR) is 92.1 cm³/mol. The molecule has 0 fully saturated rings. The largest absolute Gasteiger partial charge is 0.508 e. The first-order chi connectivity index (χ1) is 11.5.